The first-order valence-corrected chi connectivity index (χ1v) is 5.23. The van der Waals surface area contributed by atoms with Crippen LogP contribution in [0.15, 0.2) is 10.9 Å². The molecule has 8 heteroatoms. The number of carbonyl (C=O) groups excluding carboxylic acids is 1. The predicted molar refractivity (Wildman–Crippen MR) is 56.1 cm³/mol. The number of nitrogens with one attached hydrogen (secondary N) is 1. The van der Waals surface area contributed by atoms with Crippen LogP contribution in [0.25, 0.3) is 0 Å². The van der Waals surface area contributed by atoms with E-state index in [-0.39, 0.29) is 12.4 Å². The van der Waals surface area contributed by atoms with Crippen molar-refractivity contribution in [2.75, 3.05) is 5.32 Å². The molecule has 1 aromatic heterocycles. The van der Waals surface area contributed by atoms with Crippen molar-refractivity contribution < 1.29 is 18.0 Å². The van der Waals surface area contributed by atoms with Crippen LogP contribution >= 0.6 is 0 Å². The van der Waals surface area contributed by atoms with Crippen LogP contribution in [0, 0.1) is 0 Å². The first-order valence-electron chi connectivity index (χ1n) is 5.23. The summed E-state index contributed by atoms with van der Waals surface area (Å²) < 4.78 is 38.4. The molecule has 0 bridgehead atoms. The minimum Gasteiger partial charge on any atom is -0.294 e. The third-order valence-electron chi connectivity index (χ3n) is 3.11. The molecule has 1 N–H and O–H groups in total. The fraction of sp³-hybridized carbons (Fsp3) is 0.500. The van der Waals surface area contributed by atoms with Gasteiger partial charge in [-0.05, 0) is 13.3 Å². The van der Waals surface area contributed by atoms with Crippen LogP contribution in [-0.2, 0) is 16.5 Å². The fourth-order valence-electron chi connectivity index (χ4n) is 1.84. The van der Waals surface area contributed by atoms with Gasteiger partial charge in [-0.25, -0.2) is 4.98 Å². The van der Waals surface area contributed by atoms with Crippen molar-refractivity contribution >= 4 is 11.9 Å². The summed E-state index contributed by atoms with van der Waals surface area (Å²) >= 11 is 0. The van der Waals surface area contributed by atoms with E-state index in [2.05, 4.69) is 10.3 Å². The van der Waals surface area contributed by atoms with E-state index in [1.165, 1.54) is 6.92 Å². The summed E-state index contributed by atoms with van der Waals surface area (Å²) in [6, 6.07) is 0.400. The minimum atomic E-state index is -4.72. The number of anilines is 1. The summed E-state index contributed by atoms with van der Waals surface area (Å²) in [5, 5.41) is 2.21. The van der Waals surface area contributed by atoms with E-state index in [0.29, 0.717) is 6.07 Å². The molecule has 0 spiro atoms. The molecule has 5 nitrogen and oxygen atoms in total. The van der Waals surface area contributed by atoms with Crippen molar-refractivity contribution in [3.05, 3.63) is 22.1 Å². The van der Waals surface area contributed by atoms with Crippen molar-refractivity contribution in [1.29, 1.82) is 0 Å². The number of rotatable bonds is 1. The summed E-state index contributed by atoms with van der Waals surface area (Å²) in [5.74, 6) is -0.891. The van der Waals surface area contributed by atoms with Crippen LogP contribution in [0.3, 0.4) is 0 Å². The van der Waals surface area contributed by atoms with Gasteiger partial charge in [-0.1, -0.05) is 6.92 Å². The lowest BCUT2D eigenvalue weighted by atomic mass is 9.99. The zero-order valence-corrected chi connectivity index (χ0v) is 9.63. The first kappa shape index (κ1) is 12.6. The average Bonchev–Trinajstić information content (AvgIpc) is 2.51. The van der Waals surface area contributed by atoms with E-state index in [4.69, 9.17) is 0 Å². The third-order valence-corrected chi connectivity index (χ3v) is 3.11. The van der Waals surface area contributed by atoms with Crippen LogP contribution in [0.1, 0.15) is 26.0 Å². The number of hydrogen-bond donors (Lipinski definition) is 1. The molecule has 1 atom stereocenters. The molecule has 0 saturated heterocycles. The molecule has 1 unspecified atom stereocenters. The summed E-state index contributed by atoms with van der Waals surface area (Å²) in [6.45, 7) is 3.15. The molecule has 2 rings (SSSR count). The highest BCUT2D eigenvalue weighted by Gasteiger charge is 2.44. The van der Waals surface area contributed by atoms with Gasteiger partial charge in [-0.3, -0.25) is 19.5 Å². The maximum atomic E-state index is 12.5. The zero-order valence-electron chi connectivity index (χ0n) is 9.63. The zero-order chi connectivity index (χ0) is 13.7. The Kier molecular flexibility index (Phi) is 2.49. The predicted octanol–water partition coefficient (Wildman–Crippen LogP) is 1.34. The Bertz CT molecular complexity index is 579. The fourth-order valence-corrected chi connectivity index (χ4v) is 1.84. The molecule has 1 aromatic rings. The largest absolute Gasteiger partial charge is 0.433 e. The lowest BCUT2D eigenvalue weighted by molar-refractivity contribution is -0.141. The van der Waals surface area contributed by atoms with Crippen LogP contribution < -0.4 is 10.9 Å². The maximum Gasteiger partial charge on any atom is 0.433 e. The second-order valence-corrected chi connectivity index (χ2v) is 4.22. The quantitative estimate of drug-likeness (QED) is 0.829. The van der Waals surface area contributed by atoms with Crippen molar-refractivity contribution in [1.82, 2.24) is 9.55 Å². The van der Waals surface area contributed by atoms with E-state index in [1.807, 2.05) is 0 Å². The summed E-state index contributed by atoms with van der Waals surface area (Å²) in [6.07, 6.45) is -4.44. The SMILES string of the molecule is CCC1(C)C(=O)Nc2nc(C(F)(F)F)cc(=O)n21. The molecule has 2 heterocycles. The van der Waals surface area contributed by atoms with Gasteiger partial charge in [0.25, 0.3) is 11.5 Å². The smallest absolute Gasteiger partial charge is 0.294 e. The monoisotopic (exact) mass is 261 g/mol. The molecule has 0 aliphatic carbocycles. The van der Waals surface area contributed by atoms with Gasteiger partial charge in [0.2, 0.25) is 5.95 Å². The Labute approximate surface area is 99.6 Å². The summed E-state index contributed by atoms with van der Waals surface area (Å²) in [5.41, 5.74) is -3.39. The van der Waals surface area contributed by atoms with Crippen molar-refractivity contribution in [3.8, 4) is 0 Å². The molecule has 0 radical (unpaired) electrons. The number of carbonyl (C=O) groups is 1. The van der Waals surface area contributed by atoms with Crippen LogP contribution in [0.2, 0.25) is 0 Å². The van der Waals surface area contributed by atoms with Crippen LogP contribution in [-0.4, -0.2) is 15.5 Å². The Morgan fingerprint density at radius 1 is 1.44 bits per heavy atom. The second-order valence-electron chi connectivity index (χ2n) is 4.22. The molecule has 1 aliphatic rings. The number of halogens is 3. The second kappa shape index (κ2) is 3.56. The molecule has 0 saturated carbocycles. The Balaban J connectivity index is 2.69. The van der Waals surface area contributed by atoms with E-state index in [9.17, 15) is 22.8 Å². The van der Waals surface area contributed by atoms with E-state index in [1.54, 1.807) is 6.92 Å². The molecular formula is C10H10F3N3O2. The van der Waals surface area contributed by atoms with Crippen molar-refractivity contribution in [3.63, 3.8) is 0 Å². The maximum absolute atomic E-state index is 12.5. The highest BCUT2D eigenvalue weighted by Crippen LogP contribution is 2.32. The highest BCUT2D eigenvalue weighted by atomic mass is 19.4. The number of fused-ring (bicyclic) bond motifs is 1. The Morgan fingerprint density at radius 2 is 2.06 bits per heavy atom. The molecule has 1 aliphatic heterocycles. The number of amides is 1. The third kappa shape index (κ3) is 1.59. The van der Waals surface area contributed by atoms with Gasteiger partial charge in [-0.15, -0.1) is 0 Å². The Hall–Kier alpha value is -1.86. The molecule has 1 amide bonds. The molecule has 0 aromatic carbocycles. The molecular weight excluding hydrogens is 251 g/mol. The van der Waals surface area contributed by atoms with Crippen molar-refractivity contribution in [2.24, 2.45) is 0 Å². The van der Waals surface area contributed by atoms with Crippen LogP contribution in [0.4, 0.5) is 19.1 Å². The number of hydrogen-bond acceptors (Lipinski definition) is 3. The van der Waals surface area contributed by atoms with Gasteiger partial charge in [0.15, 0.2) is 5.69 Å². The molecule has 98 valence electrons. The molecule has 0 fully saturated rings. The van der Waals surface area contributed by atoms with Crippen molar-refractivity contribution in [2.45, 2.75) is 32.0 Å². The van der Waals surface area contributed by atoms with Gasteiger partial charge in [-0.2, -0.15) is 13.2 Å². The summed E-state index contributed by atoms with van der Waals surface area (Å²) in [7, 11) is 0. The van der Waals surface area contributed by atoms with Gasteiger partial charge >= 0.3 is 6.18 Å². The molecule has 18 heavy (non-hydrogen) atoms. The van der Waals surface area contributed by atoms with Gasteiger partial charge in [0.05, 0.1) is 0 Å². The minimum absolute atomic E-state index is 0.277. The van der Waals surface area contributed by atoms with E-state index in [0.717, 1.165) is 4.57 Å². The lowest BCUT2D eigenvalue weighted by Gasteiger charge is -2.21. The van der Waals surface area contributed by atoms with E-state index >= 15 is 0 Å². The number of nitrogens with zero attached hydrogens (tertiary/aromatic N) is 2. The standard InChI is InChI=1S/C10H10F3N3O2/c1-3-9(2)7(18)15-8-14-5(10(11,12)13)4-6(17)16(8)9/h4H,3H2,1-2H3,(H,14,15,18). The average molecular weight is 261 g/mol. The Morgan fingerprint density at radius 3 is 2.56 bits per heavy atom. The first-order chi connectivity index (χ1) is 8.20. The lowest BCUT2D eigenvalue weighted by Crippen LogP contribution is -2.40. The topological polar surface area (TPSA) is 64.0 Å². The summed E-state index contributed by atoms with van der Waals surface area (Å²) in [4.78, 5) is 26.7. The van der Waals surface area contributed by atoms with Crippen LogP contribution in [0.5, 0.6) is 0 Å². The van der Waals surface area contributed by atoms with Gasteiger partial charge in [0.1, 0.15) is 5.54 Å². The van der Waals surface area contributed by atoms with Gasteiger partial charge in [0, 0.05) is 6.07 Å². The number of aromatic nitrogens is 2. The normalized spacial score (nSPS) is 22.8. The number of alkyl halides is 3. The highest BCUT2D eigenvalue weighted by molar-refractivity contribution is 5.98. The van der Waals surface area contributed by atoms with E-state index < -0.39 is 28.9 Å². The van der Waals surface area contributed by atoms with Gasteiger partial charge < -0.3 is 0 Å².